The first-order valence-corrected chi connectivity index (χ1v) is 11.8. The lowest BCUT2D eigenvalue weighted by Gasteiger charge is -2.30. The minimum atomic E-state index is -4.82. The van der Waals surface area contributed by atoms with E-state index in [0.717, 1.165) is 12.6 Å². The Bertz CT molecular complexity index is 1670. The van der Waals surface area contributed by atoms with Crippen LogP contribution in [0.3, 0.4) is 0 Å². The zero-order chi connectivity index (χ0) is 27.2. The van der Waals surface area contributed by atoms with E-state index >= 15 is 0 Å². The number of anilines is 1. The monoisotopic (exact) mass is 525 g/mol. The predicted molar refractivity (Wildman–Crippen MR) is 130 cm³/mol. The van der Waals surface area contributed by atoms with Crippen molar-refractivity contribution in [3.05, 3.63) is 58.2 Å². The SMILES string of the molecule is C[C@@H]1C[C@H](n2c(CC(=O)Nc3cnc(C(F)(F)F)n(C)c3=O)nc3cnc4ccc(C#N)cc4c32)CCO1. The van der Waals surface area contributed by atoms with E-state index in [0.29, 0.717) is 58.0 Å². The summed E-state index contributed by atoms with van der Waals surface area (Å²) in [7, 11) is 0.938. The Morgan fingerprint density at radius 2 is 2.05 bits per heavy atom. The number of imidazole rings is 1. The average Bonchev–Trinajstić information content (AvgIpc) is 3.24. The summed E-state index contributed by atoms with van der Waals surface area (Å²) in [5, 5.41) is 12.5. The number of halogens is 3. The summed E-state index contributed by atoms with van der Waals surface area (Å²) in [5.41, 5.74) is 0.950. The largest absolute Gasteiger partial charge is 0.449 e. The van der Waals surface area contributed by atoms with E-state index in [1.165, 1.54) is 0 Å². The Labute approximate surface area is 213 Å². The van der Waals surface area contributed by atoms with Crippen molar-refractivity contribution in [1.29, 1.82) is 5.26 Å². The fourth-order valence-corrected chi connectivity index (χ4v) is 4.85. The van der Waals surface area contributed by atoms with Gasteiger partial charge in [-0.3, -0.25) is 19.1 Å². The maximum atomic E-state index is 13.1. The Morgan fingerprint density at radius 3 is 2.76 bits per heavy atom. The third-order valence-electron chi connectivity index (χ3n) is 6.56. The Hall–Kier alpha value is -4.31. The first-order valence-electron chi connectivity index (χ1n) is 11.8. The number of hydrogen-bond donors (Lipinski definition) is 1. The van der Waals surface area contributed by atoms with Gasteiger partial charge in [0.05, 0.1) is 47.6 Å². The van der Waals surface area contributed by atoms with Crippen LogP contribution in [-0.2, 0) is 29.2 Å². The molecule has 1 N–H and O–H groups in total. The number of hydrogen-bond acceptors (Lipinski definition) is 7. The number of ether oxygens (including phenoxy) is 1. The van der Waals surface area contributed by atoms with E-state index < -0.39 is 23.5 Å². The second-order valence-electron chi connectivity index (χ2n) is 9.18. The molecule has 38 heavy (non-hydrogen) atoms. The maximum Gasteiger partial charge on any atom is 0.449 e. The van der Waals surface area contributed by atoms with Crippen molar-refractivity contribution in [2.24, 2.45) is 7.05 Å². The van der Waals surface area contributed by atoms with Gasteiger partial charge >= 0.3 is 6.18 Å². The summed E-state index contributed by atoms with van der Waals surface area (Å²) in [6, 6.07) is 7.21. The van der Waals surface area contributed by atoms with Crippen LogP contribution >= 0.6 is 0 Å². The number of carbonyl (C=O) groups excluding carboxylic acids is 1. The molecule has 1 aliphatic heterocycles. The molecular formula is C25H22F3N7O3. The molecule has 1 fully saturated rings. The number of nitrogens with one attached hydrogen (secondary N) is 1. The van der Waals surface area contributed by atoms with Gasteiger partial charge in [0.1, 0.15) is 17.0 Å². The topological polar surface area (TPSA) is 128 Å². The van der Waals surface area contributed by atoms with Crippen molar-refractivity contribution in [3.63, 3.8) is 0 Å². The van der Waals surface area contributed by atoms with E-state index in [2.05, 4.69) is 26.3 Å². The molecule has 13 heteroatoms. The Kier molecular flexibility index (Phi) is 6.36. The van der Waals surface area contributed by atoms with Gasteiger partial charge in [0.15, 0.2) is 0 Å². The molecule has 2 atom stereocenters. The molecule has 196 valence electrons. The van der Waals surface area contributed by atoms with E-state index in [1.807, 2.05) is 11.5 Å². The van der Waals surface area contributed by atoms with Gasteiger partial charge in [-0.25, -0.2) is 9.97 Å². The number of pyridine rings is 1. The molecule has 1 saturated heterocycles. The standard InChI is InChI=1S/C25H22F3N7O3/c1-13-7-15(5-6-38-13)35-20(32-18-11-30-17-4-3-14(10-29)8-16(17)22(18)35)9-21(36)33-19-12-31-24(25(26,27)28)34(2)23(19)37/h3-4,8,11-13,15H,5-7,9H2,1-2H3,(H,33,36)/t13-,15-/m1/s1. The molecule has 5 rings (SSSR count). The van der Waals surface area contributed by atoms with Crippen molar-refractivity contribution in [2.75, 3.05) is 11.9 Å². The average molecular weight is 525 g/mol. The maximum absolute atomic E-state index is 13.1. The van der Waals surface area contributed by atoms with Crippen LogP contribution in [-0.4, -0.2) is 42.7 Å². The van der Waals surface area contributed by atoms with Gasteiger partial charge in [-0.05, 0) is 38.0 Å². The molecule has 1 amide bonds. The molecule has 1 aromatic carbocycles. The summed E-state index contributed by atoms with van der Waals surface area (Å²) >= 11 is 0. The highest BCUT2D eigenvalue weighted by atomic mass is 19.4. The van der Waals surface area contributed by atoms with Gasteiger partial charge in [-0.15, -0.1) is 0 Å². The highest BCUT2D eigenvalue weighted by Crippen LogP contribution is 2.34. The molecule has 0 radical (unpaired) electrons. The number of carbonyl (C=O) groups is 1. The van der Waals surface area contributed by atoms with Crippen LogP contribution in [0.25, 0.3) is 21.9 Å². The highest BCUT2D eigenvalue weighted by Gasteiger charge is 2.36. The van der Waals surface area contributed by atoms with Crippen molar-refractivity contribution in [1.82, 2.24) is 24.1 Å². The highest BCUT2D eigenvalue weighted by molar-refractivity contribution is 6.03. The predicted octanol–water partition coefficient (Wildman–Crippen LogP) is 3.49. The second kappa shape index (κ2) is 9.53. The van der Waals surface area contributed by atoms with Gasteiger partial charge < -0.3 is 14.6 Å². The van der Waals surface area contributed by atoms with E-state index in [9.17, 15) is 28.0 Å². The lowest BCUT2D eigenvalue weighted by atomic mass is 10.0. The Balaban J connectivity index is 1.56. The summed E-state index contributed by atoms with van der Waals surface area (Å²) < 4.78 is 47.2. The zero-order valence-corrected chi connectivity index (χ0v) is 20.4. The van der Waals surface area contributed by atoms with E-state index in [4.69, 9.17) is 4.74 Å². The van der Waals surface area contributed by atoms with Gasteiger partial charge in [-0.2, -0.15) is 18.4 Å². The van der Waals surface area contributed by atoms with Crippen molar-refractivity contribution in [2.45, 2.75) is 44.5 Å². The number of alkyl halides is 3. The molecule has 0 unspecified atom stereocenters. The third-order valence-corrected chi connectivity index (χ3v) is 6.56. The molecule has 4 heterocycles. The minimum Gasteiger partial charge on any atom is -0.378 e. The summed E-state index contributed by atoms with van der Waals surface area (Å²) in [5.74, 6) is -1.62. The number of fused-ring (bicyclic) bond motifs is 3. The van der Waals surface area contributed by atoms with Crippen LogP contribution in [0.2, 0.25) is 0 Å². The number of nitrogens with zero attached hydrogens (tertiary/aromatic N) is 6. The second-order valence-corrected chi connectivity index (χ2v) is 9.18. The van der Waals surface area contributed by atoms with Crippen LogP contribution in [0.5, 0.6) is 0 Å². The summed E-state index contributed by atoms with van der Waals surface area (Å²) in [6.45, 7) is 2.47. The lowest BCUT2D eigenvalue weighted by molar-refractivity contribution is -0.147. The third kappa shape index (κ3) is 4.58. The van der Waals surface area contributed by atoms with Crippen LogP contribution in [0, 0.1) is 11.3 Å². The lowest BCUT2D eigenvalue weighted by Crippen LogP contribution is -2.31. The number of amides is 1. The number of nitriles is 1. The van der Waals surface area contributed by atoms with Crippen molar-refractivity contribution >= 4 is 33.5 Å². The van der Waals surface area contributed by atoms with Gasteiger partial charge in [-0.1, -0.05) is 0 Å². The van der Waals surface area contributed by atoms with Gasteiger partial charge in [0.25, 0.3) is 5.56 Å². The van der Waals surface area contributed by atoms with Crippen LogP contribution in [0.1, 0.15) is 43.0 Å². The minimum absolute atomic E-state index is 0.0307. The normalized spacial score (nSPS) is 18.0. The smallest absolute Gasteiger partial charge is 0.378 e. The fraction of sp³-hybridized carbons (Fsp3) is 0.360. The number of benzene rings is 1. The number of aromatic nitrogens is 5. The molecule has 0 spiro atoms. The molecule has 1 aliphatic rings. The quantitative estimate of drug-likeness (QED) is 0.432. The molecule has 0 bridgehead atoms. The van der Waals surface area contributed by atoms with E-state index in [1.54, 1.807) is 24.4 Å². The molecule has 0 saturated carbocycles. The molecular weight excluding hydrogens is 503 g/mol. The van der Waals surface area contributed by atoms with Crippen molar-refractivity contribution < 1.29 is 22.7 Å². The molecule has 0 aliphatic carbocycles. The van der Waals surface area contributed by atoms with Crippen molar-refractivity contribution in [3.8, 4) is 6.07 Å². The first-order chi connectivity index (χ1) is 18.1. The van der Waals surface area contributed by atoms with Crippen LogP contribution in [0.4, 0.5) is 18.9 Å². The Morgan fingerprint density at radius 1 is 1.26 bits per heavy atom. The molecule has 4 aromatic rings. The van der Waals surface area contributed by atoms with Gasteiger partial charge in [0.2, 0.25) is 11.7 Å². The first kappa shape index (κ1) is 25.3. The van der Waals surface area contributed by atoms with Gasteiger partial charge in [0, 0.05) is 25.1 Å². The van der Waals surface area contributed by atoms with Crippen LogP contribution < -0.4 is 10.9 Å². The molecule has 10 nitrogen and oxygen atoms in total. The van der Waals surface area contributed by atoms with Crippen LogP contribution in [0.15, 0.2) is 35.4 Å². The summed E-state index contributed by atoms with van der Waals surface area (Å²) in [6.07, 6.45) is -1.49. The molecule has 3 aromatic heterocycles. The number of rotatable bonds is 4. The fourth-order valence-electron chi connectivity index (χ4n) is 4.85. The van der Waals surface area contributed by atoms with E-state index in [-0.39, 0.29) is 24.3 Å². The zero-order valence-electron chi connectivity index (χ0n) is 20.4. The summed E-state index contributed by atoms with van der Waals surface area (Å²) in [4.78, 5) is 37.9.